The average Bonchev–Trinajstić information content (AvgIpc) is 3.30. The van der Waals surface area contributed by atoms with Crippen molar-refractivity contribution in [1.29, 1.82) is 0 Å². The standard InChI is InChI=1S/C20H23N3OS/c1-3-17-18(25-20(22-17)23-13-7-8-14-23)19(24)21-15(2)11-12-16-9-5-4-6-10-16/h4-10,13-15H,3,11-12H2,1-2H3,(H,21,24)/t15-/m0/s1. The van der Waals surface area contributed by atoms with Crippen molar-refractivity contribution in [1.82, 2.24) is 14.9 Å². The zero-order valence-electron chi connectivity index (χ0n) is 14.6. The maximum Gasteiger partial charge on any atom is 0.263 e. The molecule has 5 heteroatoms. The highest BCUT2D eigenvalue weighted by molar-refractivity contribution is 7.16. The molecule has 0 saturated carbocycles. The smallest absolute Gasteiger partial charge is 0.263 e. The van der Waals surface area contributed by atoms with Crippen LogP contribution in [0, 0.1) is 0 Å². The van der Waals surface area contributed by atoms with Gasteiger partial charge in [-0.1, -0.05) is 48.6 Å². The number of carbonyl (C=O) groups is 1. The molecule has 0 radical (unpaired) electrons. The highest BCUT2D eigenvalue weighted by Crippen LogP contribution is 2.23. The summed E-state index contributed by atoms with van der Waals surface area (Å²) >= 11 is 1.45. The summed E-state index contributed by atoms with van der Waals surface area (Å²) < 4.78 is 1.94. The van der Waals surface area contributed by atoms with E-state index in [4.69, 9.17) is 0 Å². The Morgan fingerprint density at radius 3 is 2.60 bits per heavy atom. The van der Waals surface area contributed by atoms with Crippen molar-refractivity contribution in [2.24, 2.45) is 0 Å². The van der Waals surface area contributed by atoms with Gasteiger partial charge in [-0.15, -0.1) is 0 Å². The summed E-state index contributed by atoms with van der Waals surface area (Å²) in [5, 5.41) is 3.96. The van der Waals surface area contributed by atoms with Gasteiger partial charge in [0.15, 0.2) is 5.13 Å². The molecule has 0 aliphatic carbocycles. The second-order valence-corrected chi connectivity index (χ2v) is 7.09. The Morgan fingerprint density at radius 1 is 1.20 bits per heavy atom. The lowest BCUT2D eigenvalue weighted by molar-refractivity contribution is 0.0941. The number of aromatic nitrogens is 2. The Labute approximate surface area is 152 Å². The summed E-state index contributed by atoms with van der Waals surface area (Å²) in [5.41, 5.74) is 2.16. The van der Waals surface area contributed by atoms with E-state index in [1.54, 1.807) is 0 Å². The second-order valence-electron chi connectivity index (χ2n) is 6.11. The number of hydrogen-bond donors (Lipinski definition) is 1. The number of benzene rings is 1. The lowest BCUT2D eigenvalue weighted by Crippen LogP contribution is -2.32. The Balaban J connectivity index is 1.64. The van der Waals surface area contributed by atoms with Gasteiger partial charge in [-0.2, -0.15) is 0 Å². The van der Waals surface area contributed by atoms with E-state index in [0.29, 0.717) is 0 Å². The van der Waals surface area contributed by atoms with Gasteiger partial charge in [0.25, 0.3) is 5.91 Å². The first-order valence-corrected chi connectivity index (χ1v) is 9.47. The van der Waals surface area contributed by atoms with Crippen LogP contribution < -0.4 is 5.32 Å². The van der Waals surface area contributed by atoms with E-state index >= 15 is 0 Å². The van der Waals surface area contributed by atoms with Crippen LogP contribution in [0.15, 0.2) is 54.9 Å². The Kier molecular flexibility index (Phi) is 5.66. The summed E-state index contributed by atoms with van der Waals surface area (Å²) in [6.07, 6.45) is 6.52. The van der Waals surface area contributed by atoms with Crippen molar-refractivity contribution < 1.29 is 4.79 Å². The van der Waals surface area contributed by atoms with Crippen LogP contribution in [0.2, 0.25) is 0 Å². The molecule has 3 rings (SSSR count). The van der Waals surface area contributed by atoms with Crippen LogP contribution >= 0.6 is 11.3 Å². The van der Waals surface area contributed by atoms with Gasteiger partial charge in [0.1, 0.15) is 4.88 Å². The SMILES string of the molecule is CCc1nc(-n2cccc2)sc1C(=O)N[C@@H](C)CCc1ccccc1. The minimum atomic E-state index is -0.0201. The van der Waals surface area contributed by atoms with Gasteiger partial charge in [-0.3, -0.25) is 4.79 Å². The third-order valence-corrected chi connectivity index (χ3v) is 5.25. The third-order valence-electron chi connectivity index (χ3n) is 4.14. The minimum absolute atomic E-state index is 0.0201. The van der Waals surface area contributed by atoms with Crippen LogP contribution in [0.5, 0.6) is 0 Å². The van der Waals surface area contributed by atoms with E-state index in [0.717, 1.165) is 35.0 Å². The summed E-state index contributed by atoms with van der Waals surface area (Å²) in [5.74, 6) is -0.0201. The fraction of sp³-hybridized carbons (Fsp3) is 0.300. The van der Waals surface area contributed by atoms with E-state index in [2.05, 4.69) is 29.4 Å². The number of carbonyl (C=O) groups excluding carboxylic acids is 1. The average molecular weight is 353 g/mol. The normalized spacial score (nSPS) is 12.1. The van der Waals surface area contributed by atoms with Gasteiger partial charge < -0.3 is 9.88 Å². The van der Waals surface area contributed by atoms with Crippen molar-refractivity contribution in [2.75, 3.05) is 0 Å². The number of hydrogen-bond acceptors (Lipinski definition) is 3. The van der Waals surface area contributed by atoms with E-state index in [1.165, 1.54) is 16.9 Å². The first-order valence-electron chi connectivity index (χ1n) is 8.65. The summed E-state index contributed by atoms with van der Waals surface area (Å²) in [6.45, 7) is 4.09. The summed E-state index contributed by atoms with van der Waals surface area (Å²) in [7, 11) is 0. The predicted octanol–water partition coefficient (Wildman–Crippen LogP) is 4.25. The maximum atomic E-state index is 12.7. The number of amides is 1. The molecule has 0 bridgehead atoms. The van der Waals surface area contributed by atoms with Crippen LogP contribution in [0.1, 0.15) is 41.2 Å². The van der Waals surface area contributed by atoms with Crippen LogP contribution in [-0.2, 0) is 12.8 Å². The molecule has 1 amide bonds. The molecule has 2 aromatic heterocycles. The molecule has 1 N–H and O–H groups in total. The molecule has 4 nitrogen and oxygen atoms in total. The Bertz CT molecular complexity index is 809. The van der Waals surface area contributed by atoms with Crippen molar-refractivity contribution >= 4 is 17.2 Å². The van der Waals surface area contributed by atoms with Gasteiger partial charge in [0.05, 0.1) is 5.69 Å². The van der Waals surface area contributed by atoms with Gasteiger partial charge in [0.2, 0.25) is 0 Å². The molecule has 2 heterocycles. The number of aryl methyl sites for hydroxylation is 2. The molecule has 0 fully saturated rings. The Hall–Kier alpha value is -2.40. The van der Waals surface area contributed by atoms with Gasteiger partial charge in [0, 0.05) is 18.4 Å². The van der Waals surface area contributed by atoms with Crippen LogP contribution in [-0.4, -0.2) is 21.5 Å². The molecular formula is C20H23N3OS. The van der Waals surface area contributed by atoms with Gasteiger partial charge >= 0.3 is 0 Å². The zero-order valence-corrected chi connectivity index (χ0v) is 15.4. The largest absolute Gasteiger partial charge is 0.349 e. The quantitative estimate of drug-likeness (QED) is 0.690. The monoisotopic (exact) mass is 353 g/mol. The molecule has 0 saturated heterocycles. The van der Waals surface area contributed by atoms with Crippen molar-refractivity contribution in [2.45, 2.75) is 39.2 Å². The topological polar surface area (TPSA) is 46.9 Å². The van der Waals surface area contributed by atoms with Crippen molar-refractivity contribution in [3.63, 3.8) is 0 Å². The molecule has 1 aromatic carbocycles. The van der Waals surface area contributed by atoms with Crippen LogP contribution in [0.25, 0.3) is 5.13 Å². The zero-order chi connectivity index (χ0) is 17.6. The minimum Gasteiger partial charge on any atom is -0.349 e. The van der Waals surface area contributed by atoms with E-state index in [-0.39, 0.29) is 11.9 Å². The molecule has 0 aliphatic heterocycles. The molecule has 0 unspecified atom stereocenters. The first kappa shape index (κ1) is 17.4. The molecule has 130 valence electrons. The lowest BCUT2D eigenvalue weighted by atomic mass is 10.1. The van der Waals surface area contributed by atoms with Crippen LogP contribution in [0.4, 0.5) is 0 Å². The molecule has 25 heavy (non-hydrogen) atoms. The van der Waals surface area contributed by atoms with Crippen LogP contribution in [0.3, 0.4) is 0 Å². The molecular weight excluding hydrogens is 330 g/mol. The molecule has 3 aromatic rings. The summed E-state index contributed by atoms with van der Waals surface area (Å²) in [4.78, 5) is 18.0. The highest BCUT2D eigenvalue weighted by Gasteiger charge is 2.19. The number of rotatable bonds is 7. The number of nitrogens with one attached hydrogen (secondary N) is 1. The number of nitrogens with zero attached hydrogens (tertiary/aromatic N) is 2. The molecule has 0 spiro atoms. The van der Waals surface area contributed by atoms with Crippen molar-refractivity contribution in [3.8, 4) is 5.13 Å². The van der Waals surface area contributed by atoms with E-state index < -0.39 is 0 Å². The number of thiazole rings is 1. The molecule has 0 aliphatic rings. The second kappa shape index (κ2) is 8.12. The third kappa shape index (κ3) is 4.37. The van der Waals surface area contributed by atoms with Crippen molar-refractivity contribution in [3.05, 3.63) is 71.0 Å². The van der Waals surface area contributed by atoms with E-state index in [1.807, 2.05) is 54.2 Å². The van der Waals surface area contributed by atoms with Gasteiger partial charge in [-0.05, 0) is 43.9 Å². The maximum absolute atomic E-state index is 12.7. The predicted molar refractivity (Wildman–Crippen MR) is 103 cm³/mol. The summed E-state index contributed by atoms with van der Waals surface area (Å²) in [6, 6.07) is 14.4. The van der Waals surface area contributed by atoms with Gasteiger partial charge in [-0.25, -0.2) is 4.98 Å². The molecule has 1 atom stereocenters. The first-order chi connectivity index (χ1) is 12.2. The highest BCUT2D eigenvalue weighted by atomic mass is 32.1. The fourth-order valence-electron chi connectivity index (χ4n) is 2.72. The lowest BCUT2D eigenvalue weighted by Gasteiger charge is -2.13. The fourth-order valence-corrected chi connectivity index (χ4v) is 3.74. The van der Waals surface area contributed by atoms with E-state index in [9.17, 15) is 4.79 Å². The Morgan fingerprint density at radius 2 is 1.92 bits per heavy atom.